The third kappa shape index (κ3) is 3.72. The van der Waals surface area contributed by atoms with Crippen molar-refractivity contribution in [3.05, 3.63) is 0 Å². The lowest BCUT2D eigenvalue weighted by Gasteiger charge is -2.25. The summed E-state index contributed by atoms with van der Waals surface area (Å²) in [7, 11) is 2.07. The maximum Gasteiger partial charge on any atom is 0.0791 e. The molecule has 2 N–H and O–H groups in total. The SMILES string of the molecule is CN(CC(O)CNC1CC1)C1CCOC1. The summed E-state index contributed by atoms with van der Waals surface area (Å²) in [5.41, 5.74) is 0. The highest BCUT2D eigenvalue weighted by molar-refractivity contribution is 4.83. The van der Waals surface area contributed by atoms with Gasteiger partial charge in [0.15, 0.2) is 0 Å². The molecule has 1 saturated heterocycles. The average Bonchev–Trinajstić information content (AvgIpc) is 2.87. The van der Waals surface area contributed by atoms with Crippen molar-refractivity contribution in [3.8, 4) is 0 Å². The van der Waals surface area contributed by atoms with E-state index in [0.717, 1.165) is 32.7 Å². The summed E-state index contributed by atoms with van der Waals surface area (Å²) in [6.45, 7) is 3.15. The highest BCUT2D eigenvalue weighted by Crippen LogP contribution is 2.18. The first kappa shape index (κ1) is 11.3. The number of likely N-dealkylation sites (N-methyl/N-ethyl adjacent to an activating group) is 1. The first-order chi connectivity index (χ1) is 7.25. The zero-order valence-corrected chi connectivity index (χ0v) is 9.48. The van der Waals surface area contributed by atoms with Crippen molar-refractivity contribution < 1.29 is 9.84 Å². The van der Waals surface area contributed by atoms with Gasteiger partial charge in [0.05, 0.1) is 12.7 Å². The Morgan fingerprint density at radius 3 is 2.87 bits per heavy atom. The van der Waals surface area contributed by atoms with Crippen LogP contribution in [0.1, 0.15) is 19.3 Å². The van der Waals surface area contributed by atoms with E-state index in [1.165, 1.54) is 12.8 Å². The van der Waals surface area contributed by atoms with Gasteiger partial charge >= 0.3 is 0 Å². The summed E-state index contributed by atoms with van der Waals surface area (Å²) in [5, 5.41) is 13.2. The third-order valence-electron chi connectivity index (χ3n) is 3.25. The monoisotopic (exact) mass is 214 g/mol. The molecule has 0 spiro atoms. The van der Waals surface area contributed by atoms with E-state index >= 15 is 0 Å². The molecule has 0 amide bonds. The molecule has 0 aromatic rings. The van der Waals surface area contributed by atoms with Gasteiger partial charge in [-0.1, -0.05) is 0 Å². The lowest BCUT2D eigenvalue weighted by molar-refractivity contribution is 0.0940. The molecular formula is C11H22N2O2. The first-order valence-electron chi connectivity index (χ1n) is 5.95. The Morgan fingerprint density at radius 2 is 2.27 bits per heavy atom. The van der Waals surface area contributed by atoms with Gasteiger partial charge in [-0.25, -0.2) is 0 Å². The molecule has 1 aliphatic heterocycles. The summed E-state index contributed by atoms with van der Waals surface area (Å²) >= 11 is 0. The minimum atomic E-state index is -0.254. The van der Waals surface area contributed by atoms with E-state index in [0.29, 0.717) is 12.1 Å². The molecule has 1 aliphatic carbocycles. The zero-order valence-electron chi connectivity index (χ0n) is 9.48. The van der Waals surface area contributed by atoms with E-state index in [1.807, 2.05) is 0 Å². The molecule has 2 fully saturated rings. The van der Waals surface area contributed by atoms with E-state index in [-0.39, 0.29) is 6.10 Å². The van der Waals surface area contributed by atoms with Crippen molar-refractivity contribution in [1.82, 2.24) is 10.2 Å². The second-order valence-corrected chi connectivity index (χ2v) is 4.79. The van der Waals surface area contributed by atoms with Gasteiger partial charge in [0, 0.05) is 31.8 Å². The van der Waals surface area contributed by atoms with Gasteiger partial charge in [-0.3, -0.25) is 4.90 Å². The van der Waals surface area contributed by atoms with Crippen molar-refractivity contribution >= 4 is 0 Å². The molecule has 0 radical (unpaired) electrons. The maximum absolute atomic E-state index is 9.81. The number of ether oxygens (including phenoxy) is 1. The third-order valence-corrected chi connectivity index (χ3v) is 3.25. The fourth-order valence-corrected chi connectivity index (χ4v) is 2.01. The minimum Gasteiger partial charge on any atom is -0.390 e. The molecule has 1 heterocycles. The first-order valence-corrected chi connectivity index (χ1v) is 5.95. The van der Waals surface area contributed by atoms with Crippen LogP contribution in [0.3, 0.4) is 0 Å². The van der Waals surface area contributed by atoms with Gasteiger partial charge in [0.2, 0.25) is 0 Å². The second-order valence-electron chi connectivity index (χ2n) is 4.79. The van der Waals surface area contributed by atoms with Crippen molar-refractivity contribution in [2.45, 2.75) is 37.5 Å². The summed E-state index contributed by atoms with van der Waals surface area (Å²) < 4.78 is 5.33. The Kier molecular flexibility index (Phi) is 3.97. The number of aliphatic hydroxyl groups excluding tert-OH is 1. The van der Waals surface area contributed by atoms with Crippen molar-refractivity contribution in [2.75, 3.05) is 33.4 Å². The molecule has 4 nitrogen and oxygen atoms in total. The second kappa shape index (κ2) is 5.25. The smallest absolute Gasteiger partial charge is 0.0791 e. The molecule has 2 unspecified atom stereocenters. The Morgan fingerprint density at radius 1 is 1.47 bits per heavy atom. The zero-order chi connectivity index (χ0) is 10.7. The molecule has 2 atom stereocenters. The molecule has 0 bridgehead atoms. The molecule has 88 valence electrons. The van der Waals surface area contributed by atoms with Crippen molar-refractivity contribution in [3.63, 3.8) is 0 Å². The van der Waals surface area contributed by atoms with Crippen LogP contribution in [-0.2, 0) is 4.74 Å². The van der Waals surface area contributed by atoms with Crippen LogP contribution in [-0.4, -0.2) is 61.5 Å². The number of nitrogens with one attached hydrogen (secondary N) is 1. The molecule has 0 aromatic heterocycles. The number of rotatable bonds is 6. The highest BCUT2D eigenvalue weighted by atomic mass is 16.5. The average molecular weight is 214 g/mol. The van der Waals surface area contributed by atoms with Gasteiger partial charge in [-0.2, -0.15) is 0 Å². The van der Waals surface area contributed by atoms with Gasteiger partial charge < -0.3 is 15.2 Å². The predicted molar refractivity (Wildman–Crippen MR) is 58.9 cm³/mol. The molecular weight excluding hydrogens is 192 g/mol. The molecule has 15 heavy (non-hydrogen) atoms. The van der Waals surface area contributed by atoms with Gasteiger partial charge in [-0.05, 0) is 26.3 Å². The number of nitrogens with zero attached hydrogens (tertiary/aromatic N) is 1. The summed E-state index contributed by atoms with van der Waals surface area (Å²) in [6.07, 6.45) is 3.40. The summed E-state index contributed by atoms with van der Waals surface area (Å²) in [5.74, 6) is 0. The van der Waals surface area contributed by atoms with Crippen LogP contribution < -0.4 is 5.32 Å². The number of hydrogen-bond acceptors (Lipinski definition) is 4. The van der Waals surface area contributed by atoms with E-state index in [9.17, 15) is 5.11 Å². The Labute approximate surface area is 91.6 Å². The number of aliphatic hydroxyl groups is 1. The van der Waals surface area contributed by atoms with E-state index in [2.05, 4.69) is 17.3 Å². The molecule has 0 aromatic carbocycles. The lowest BCUT2D eigenvalue weighted by Crippen LogP contribution is -2.42. The van der Waals surface area contributed by atoms with Crippen molar-refractivity contribution in [1.29, 1.82) is 0 Å². The van der Waals surface area contributed by atoms with Crippen molar-refractivity contribution in [2.24, 2.45) is 0 Å². The standard InChI is InChI=1S/C11H22N2O2/c1-13(10-4-5-15-8-10)7-11(14)6-12-9-2-3-9/h9-12,14H,2-8H2,1H3. The van der Waals surface area contributed by atoms with Crippen LogP contribution in [0.15, 0.2) is 0 Å². The van der Waals surface area contributed by atoms with Crippen LogP contribution in [0.4, 0.5) is 0 Å². The van der Waals surface area contributed by atoms with Gasteiger partial charge in [0.25, 0.3) is 0 Å². The largest absolute Gasteiger partial charge is 0.390 e. The fraction of sp³-hybridized carbons (Fsp3) is 1.00. The number of hydrogen-bond donors (Lipinski definition) is 2. The Bertz CT molecular complexity index is 191. The van der Waals surface area contributed by atoms with E-state index < -0.39 is 0 Å². The molecule has 2 rings (SSSR count). The van der Waals surface area contributed by atoms with Crippen LogP contribution in [0, 0.1) is 0 Å². The van der Waals surface area contributed by atoms with Crippen LogP contribution in [0.25, 0.3) is 0 Å². The summed E-state index contributed by atoms with van der Waals surface area (Å²) in [4.78, 5) is 2.21. The minimum absolute atomic E-state index is 0.254. The molecule has 2 aliphatic rings. The lowest BCUT2D eigenvalue weighted by atomic mass is 10.2. The highest BCUT2D eigenvalue weighted by Gasteiger charge is 2.24. The topological polar surface area (TPSA) is 44.7 Å². The van der Waals surface area contributed by atoms with E-state index in [4.69, 9.17) is 4.74 Å². The Hall–Kier alpha value is -0.160. The van der Waals surface area contributed by atoms with Gasteiger partial charge in [-0.15, -0.1) is 0 Å². The normalized spacial score (nSPS) is 28.6. The van der Waals surface area contributed by atoms with Gasteiger partial charge in [0.1, 0.15) is 0 Å². The Balaban J connectivity index is 1.60. The molecule has 1 saturated carbocycles. The van der Waals surface area contributed by atoms with E-state index in [1.54, 1.807) is 0 Å². The van der Waals surface area contributed by atoms with Crippen LogP contribution in [0.5, 0.6) is 0 Å². The summed E-state index contributed by atoms with van der Waals surface area (Å²) in [6, 6.07) is 1.18. The fourth-order valence-electron chi connectivity index (χ4n) is 2.01. The molecule has 4 heteroatoms. The quantitative estimate of drug-likeness (QED) is 0.644. The maximum atomic E-state index is 9.81. The predicted octanol–water partition coefficient (Wildman–Crippen LogP) is -0.180. The van der Waals surface area contributed by atoms with Crippen LogP contribution >= 0.6 is 0 Å². The van der Waals surface area contributed by atoms with Crippen LogP contribution in [0.2, 0.25) is 0 Å².